The van der Waals surface area contributed by atoms with Gasteiger partial charge in [-0.25, -0.2) is 4.39 Å². The summed E-state index contributed by atoms with van der Waals surface area (Å²) in [6, 6.07) is 5.68. The van der Waals surface area contributed by atoms with Gasteiger partial charge in [0.15, 0.2) is 0 Å². The smallest absolute Gasteiger partial charge is 0.315 e. The Bertz CT molecular complexity index is 565. The number of nitrogens with zero attached hydrogens (tertiary/aromatic N) is 2. The number of halogens is 1. The minimum absolute atomic E-state index is 0.0610. The largest absolute Gasteiger partial charge is 0.328 e. The van der Waals surface area contributed by atoms with Crippen molar-refractivity contribution in [1.82, 2.24) is 10.1 Å². The maximum Gasteiger partial charge on any atom is 0.328 e. The fourth-order valence-electron chi connectivity index (χ4n) is 1.18. The number of carbonyl (C=O) groups excluding carboxylic acids is 1. The normalized spacial score (nSPS) is 9.94. The molecule has 0 unspecified atom stereocenters. The molecule has 0 saturated carbocycles. The summed E-state index contributed by atoms with van der Waals surface area (Å²) in [7, 11) is 0. The summed E-state index contributed by atoms with van der Waals surface area (Å²) in [6.45, 7) is 3.28. The molecule has 1 heterocycles. The first kappa shape index (κ1) is 11.0. The molecule has 0 atom stereocenters. The summed E-state index contributed by atoms with van der Waals surface area (Å²) in [5.74, 6) is -0.660. The van der Waals surface area contributed by atoms with Crippen LogP contribution in [0, 0.1) is 5.82 Å². The van der Waals surface area contributed by atoms with Gasteiger partial charge in [-0.1, -0.05) is 23.9 Å². The zero-order valence-electron chi connectivity index (χ0n) is 8.68. The van der Waals surface area contributed by atoms with Crippen molar-refractivity contribution in [2.24, 2.45) is 0 Å². The van der Waals surface area contributed by atoms with E-state index in [2.05, 4.69) is 22.0 Å². The van der Waals surface area contributed by atoms with Gasteiger partial charge >= 0.3 is 6.01 Å². The third-order valence-electron chi connectivity index (χ3n) is 1.92. The lowest BCUT2D eigenvalue weighted by atomic mass is 10.2. The Kier molecular flexibility index (Phi) is 2.95. The number of hydrogen-bond donors (Lipinski definition) is 1. The molecule has 0 fully saturated rings. The molecule has 0 radical (unpaired) electrons. The highest BCUT2D eigenvalue weighted by atomic mass is 19.1. The second-order valence-electron chi connectivity index (χ2n) is 3.13. The lowest BCUT2D eigenvalue weighted by Gasteiger charge is -1.93. The van der Waals surface area contributed by atoms with Crippen molar-refractivity contribution in [2.45, 2.75) is 0 Å². The molecule has 0 aliphatic carbocycles. The topological polar surface area (TPSA) is 68.0 Å². The van der Waals surface area contributed by atoms with Crippen molar-refractivity contribution in [3.05, 3.63) is 42.7 Å². The summed E-state index contributed by atoms with van der Waals surface area (Å²) < 4.78 is 17.7. The van der Waals surface area contributed by atoms with Crippen LogP contribution in [0.5, 0.6) is 0 Å². The van der Waals surface area contributed by atoms with Crippen molar-refractivity contribution in [3.8, 4) is 11.4 Å². The molecule has 86 valence electrons. The number of anilines is 1. The molecule has 0 bridgehead atoms. The van der Waals surface area contributed by atoms with Gasteiger partial charge in [-0.15, -0.1) is 0 Å². The molecule has 2 aromatic rings. The Morgan fingerprint density at radius 3 is 3.06 bits per heavy atom. The van der Waals surface area contributed by atoms with Crippen LogP contribution in [-0.2, 0) is 4.79 Å². The Hall–Kier alpha value is -2.50. The predicted molar refractivity (Wildman–Crippen MR) is 58.5 cm³/mol. The van der Waals surface area contributed by atoms with Crippen LogP contribution in [0.15, 0.2) is 41.4 Å². The highest BCUT2D eigenvalue weighted by Crippen LogP contribution is 2.18. The van der Waals surface area contributed by atoms with E-state index in [1.54, 1.807) is 6.07 Å². The van der Waals surface area contributed by atoms with E-state index in [9.17, 15) is 9.18 Å². The molecule has 0 spiro atoms. The maximum atomic E-state index is 13.0. The van der Waals surface area contributed by atoms with Gasteiger partial charge in [-0.2, -0.15) is 4.98 Å². The minimum atomic E-state index is -0.459. The van der Waals surface area contributed by atoms with Crippen LogP contribution < -0.4 is 5.32 Å². The van der Waals surface area contributed by atoms with E-state index < -0.39 is 11.7 Å². The number of amides is 1. The third-order valence-corrected chi connectivity index (χ3v) is 1.92. The zero-order valence-corrected chi connectivity index (χ0v) is 8.68. The third kappa shape index (κ3) is 2.54. The van der Waals surface area contributed by atoms with E-state index in [0.29, 0.717) is 5.56 Å². The lowest BCUT2D eigenvalue weighted by molar-refractivity contribution is -0.112. The number of benzene rings is 1. The number of hydrogen-bond acceptors (Lipinski definition) is 4. The van der Waals surface area contributed by atoms with E-state index in [4.69, 9.17) is 4.52 Å². The van der Waals surface area contributed by atoms with E-state index in [1.165, 1.54) is 18.2 Å². The van der Waals surface area contributed by atoms with Crippen LogP contribution in [0.4, 0.5) is 10.4 Å². The number of nitrogens with one attached hydrogen (secondary N) is 1. The first-order valence-electron chi connectivity index (χ1n) is 4.72. The molecule has 1 amide bonds. The van der Waals surface area contributed by atoms with Crippen molar-refractivity contribution in [1.29, 1.82) is 0 Å². The quantitative estimate of drug-likeness (QED) is 0.823. The van der Waals surface area contributed by atoms with Gasteiger partial charge in [-0.3, -0.25) is 10.1 Å². The first-order valence-corrected chi connectivity index (χ1v) is 4.72. The van der Waals surface area contributed by atoms with Crippen LogP contribution in [0.1, 0.15) is 0 Å². The van der Waals surface area contributed by atoms with E-state index >= 15 is 0 Å². The van der Waals surface area contributed by atoms with Crippen molar-refractivity contribution < 1.29 is 13.7 Å². The average Bonchev–Trinajstić information content (AvgIpc) is 2.77. The SMILES string of the molecule is C=CC(=O)Nc1nc(-c2cccc(F)c2)no1. The van der Waals surface area contributed by atoms with Gasteiger partial charge < -0.3 is 4.52 Å². The fourth-order valence-corrected chi connectivity index (χ4v) is 1.18. The molecule has 0 saturated heterocycles. The van der Waals surface area contributed by atoms with Crippen LogP contribution in [-0.4, -0.2) is 16.0 Å². The molecular formula is C11H8FN3O2. The van der Waals surface area contributed by atoms with Gasteiger partial charge in [0.05, 0.1) is 0 Å². The van der Waals surface area contributed by atoms with Crippen LogP contribution in [0.25, 0.3) is 11.4 Å². The van der Waals surface area contributed by atoms with Gasteiger partial charge in [0.1, 0.15) is 5.82 Å². The van der Waals surface area contributed by atoms with Crippen LogP contribution in [0.3, 0.4) is 0 Å². The summed E-state index contributed by atoms with van der Waals surface area (Å²) in [6.07, 6.45) is 1.08. The van der Waals surface area contributed by atoms with Gasteiger partial charge in [0.25, 0.3) is 5.91 Å². The summed E-state index contributed by atoms with van der Waals surface area (Å²) >= 11 is 0. The Morgan fingerprint density at radius 1 is 1.53 bits per heavy atom. The monoisotopic (exact) mass is 233 g/mol. The summed E-state index contributed by atoms with van der Waals surface area (Å²) in [5.41, 5.74) is 0.466. The molecule has 0 aliphatic heterocycles. The van der Waals surface area contributed by atoms with Crippen molar-refractivity contribution in [2.75, 3.05) is 5.32 Å². The Labute approximate surface area is 96.0 Å². The molecule has 1 aromatic carbocycles. The second-order valence-corrected chi connectivity index (χ2v) is 3.13. The van der Waals surface area contributed by atoms with Crippen LogP contribution >= 0.6 is 0 Å². The van der Waals surface area contributed by atoms with E-state index in [1.807, 2.05) is 0 Å². The maximum absolute atomic E-state index is 13.0. The average molecular weight is 233 g/mol. The zero-order chi connectivity index (χ0) is 12.3. The Balaban J connectivity index is 2.23. The van der Waals surface area contributed by atoms with Gasteiger partial charge in [0, 0.05) is 5.56 Å². The molecule has 1 N–H and O–H groups in total. The van der Waals surface area contributed by atoms with Crippen LogP contribution in [0.2, 0.25) is 0 Å². The van der Waals surface area contributed by atoms with E-state index in [-0.39, 0.29) is 11.8 Å². The molecule has 5 nitrogen and oxygen atoms in total. The van der Waals surface area contributed by atoms with Crippen molar-refractivity contribution in [3.63, 3.8) is 0 Å². The Morgan fingerprint density at radius 2 is 2.35 bits per heavy atom. The molecule has 1 aromatic heterocycles. The fraction of sp³-hybridized carbons (Fsp3) is 0. The molecule has 17 heavy (non-hydrogen) atoms. The van der Waals surface area contributed by atoms with E-state index in [0.717, 1.165) is 6.08 Å². The summed E-state index contributed by atoms with van der Waals surface area (Å²) in [5, 5.41) is 5.92. The lowest BCUT2D eigenvalue weighted by Crippen LogP contribution is -2.07. The number of carbonyl (C=O) groups is 1. The minimum Gasteiger partial charge on any atom is -0.315 e. The highest BCUT2D eigenvalue weighted by Gasteiger charge is 2.10. The first-order chi connectivity index (χ1) is 8.19. The molecule has 2 rings (SSSR count). The standard InChI is InChI=1S/C11H8FN3O2/c1-2-9(16)13-11-14-10(15-17-11)7-4-3-5-8(12)6-7/h2-6H,1H2,(H,13,14,15,16). The highest BCUT2D eigenvalue weighted by molar-refractivity contribution is 5.97. The molecule has 6 heteroatoms. The number of rotatable bonds is 3. The van der Waals surface area contributed by atoms with Gasteiger partial charge in [0.2, 0.25) is 5.82 Å². The molecule has 0 aliphatic rings. The summed E-state index contributed by atoms with van der Waals surface area (Å²) in [4.78, 5) is 14.8. The predicted octanol–water partition coefficient (Wildman–Crippen LogP) is 2.00. The molecular weight excluding hydrogens is 225 g/mol. The second kappa shape index (κ2) is 4.56. The van der Waals surface area contributed by atoms with Crippen molar-refractivity contribution >= 4 is 11.9 Å². The number of aromatic nitrogens is 2. The van der Waals surface area contributed by atoms with Gasteiger partial charge in [-0.05, 0) is 18.2 Å².